The first-order valence-corrected chi connectivity index (χ1v) is 8.52. The predicted molar refractivity (Wildman–Crippen MR) is 113 cm³/mol. The van der Waals surface area contributed by atoms with E-state index >= 15 is 0 Å². The Hall–Kier alpha value is -1.62. The summed E-state index contributed by atoms with van der Waals surface area (Å²) in [5.41, 5.74) is 7.03. The largest absolute Gasteiger partial charge is 0.493 e. The van der Waals surface area contributed by atoms with Gasteiger partial charge in [0, 0.05) is 6.04 Å². The summed E-state index contributed by atoms with van der Waals surface area (Å²) in [6, 6.07) is 6.13. The molecule has 6 heteroatoms. The van der Waals surface area contributed by atoms with E-state index in [1.54, 1.807) is 7.11 Å². The van der Waals surface area contributed by atoms with Crippen LogP contribution in [0.1, 0.15) is 44.1 Å². The highest BCUT2D eigenvalue weighted by Gasteiger charge is 2.12. The Morgan fingerprint density at radius 3 is 2.64 bits per heavy atom. The van der Waals surface area contributed by atoms with Crippen molar-refractivity contribution in [1.29, 1.82) is 0 Å². The van der Waals surface area contributed by atoms with Gasteiger partial charge in [-0.3, -0.25) is 0 Å². The van der Waals surface area contributed by atoms with E-state index in [1.807, 2.05) is 18.2 Å². The molecule has 0 unspecified atom stereocenters. The number of hydrogen-bond acceptors (Lipinski definition) is 3. The molecule has 0 spiro atoms. The molecule has 0 aromatic heterocycles. The summed E-state index contributed by atoms with van der Waals surface area (Å²) in [7, 11) is 1.60. The molecule has 0 amide bonds. The van der Waals surface area contributed by atoms with Crippen molar-refractivity contribution >= 4 is 29.9 Å². The van der Waals surface area contributed by atoms with Crippen LogP contribution >= 0.6 is 24.0 Å². The lowest BCUT2D eigenvalue weighted by atomic mass is 10.1. The molecule has 1 saturated carbocycles. The molecule has 138 valence electrons. The van der Waals surface area contributed by atoms with Crippen LogP contribution in [-0.4, -0.2) is 25.7 Å². The van der Waals surface area contributed by atoms with Gasteiger partial charge in [-0.2, -0.15) is 0 Å². The summed E-state index contributed by atoms with van der Waals surface area (Å²) in [4.78, 5) is 4.44. The van der Waals surface area contributed by atoms with Crippen molar-refractivity contribution in [2.75, 3.05) is 13.7 Å². The van der Waals surface area contributed by atoms with Gasteiger partial charge in [0.15, 0.2) is 17.5 Å². The Balaban J connectivity index is 0.00000312. The molecule has 0 bridgehead atoms. The third-order valence-corrected chi connectivity index (χ3v) is 4.18. The number of nitrogens with two attached hydrogens (primary N) is 1. The topological polar surface area (TPSA) is 68.9 Å². The van der Waals surface area contributed by atoms with Gasteiger partial charge in [0.2, 0.25) is 0 Å². The van der Waals surface area contributed by atoms with Crippen LogP contribution in [0.15, 0.2) is 23.2 Å². The molecule has 1 aliphatic carbocycles. The number of halogens is 1. The van der Waals surface area contributed by atoms with Gasteiger partial charge in [0.25, 0.3) is 0 Å². The summed E-state index contributed by atoms with van der Waals surface area (Å²) in [5.74, 6) is 4.23. The van der Waals surface area contributed by atoms with Crippen molar-refractivity contribution < 1.29 is 9.47 Å². The number of guanidine groups is 1. The molecule has 1 aliphatic rings. The summed E-state index contributed by atoms with van der Waals surface area (Å²) >= 11 is 0. The van der Waals surface area contributed by atoms with E-state index in [-0.39, 0.29) is 30.6 Å². The number of aliphatic imine (C=N–C) groups is 1. The van der Waals surface area contributed by atoms with E-state index in [0.29, 0.717) is 30.0 Å². The van der Waals surface area contributed by atoms with Gasteiger partial charge in [0.05, 0.1) is 13.7 Å². The maximum Gasteiger partial charge on any atom is 0.189 e. The van der Waals surface area contributed by atoms with Crippen molar-refractivity contribution in [3.63, 3.8) is 0 Å². The zero-order chi connectivity index (χ0) is 17.2. The molecule has 3 N–H and O–H groups in total. The molecular formula is C19H28IN3O2. The summed E-state index contributed by atoms with van der Waals surface area (Å²) < 4.78 is 10.8. The normalized spacial score (nSPS) is 15.4. The summed E-state index contributed by atoms with van der Waals surface area (Å²) in [6.45, 7) is 0.691. The molecule has 1 aromatic rings. The second-order valence-electron chi connectivity index (χ2n) is 6.01. The van der Waals surface area contributed by atoms with E-state index in [1.165, 1.54) is 38.5 Å². The maximum absolute atomic E-state index is 6.03. The smallest absolute Gasteiger partial charge is 0.189 e. The molecule has 0 radical (unpaired) electrons. The first-order chi connectivity index (χ1) is 11.7. The van der Waals surface area contributed by atoms with Gasteiger partial charge in [0.1, 0.15) is 6.61 Å². The van der Waals surface area contributed by atoms with Gasteiger partial charge in [-0.25, -0.2) is 4.99 Å². The number of nitrogens with one attached hydrogen (secondary N) is 1. The number of benzene rings is 1. The number of terminal acetylenes is 1. The fourth-order valence-electron chi connectivity index (χ4n) is 2.91. The van der Waals surface area contributed by atoms with Crippen LogP contribution in [0, 0.1) is 12.3 Å². The molecule has 0 heterocycles. The lowest BCUT2D eigenvalue weighted by Gasteiger charge is -2.16. The summed E-state index contributed by atoms with van der Waals surface area (Å²) in [6.07, 6.45) is 12.7. The van der Waals surface area contributed by atoms with E-state index in [2.05, 4.69) is 16.2 Å². The standard InChI is InChI=1S/C19H27N3O2.HI/c1-3-12-24-18-13-15(10-11-17(18)23-2)14-21-19(20)22-16-8-6-4-5-7-9-16;/h1,10-11,13,16H,4-9,12,14H2,2H3,(H3,20,21,22);1H. The molecule has 5 nitrogen and oxygen atoms in total. The zero-order valence-corrected chi connectivity index (χ0v) is 17.1. The minimum Gasteiger partial charge on any atom is -0.493 e. The van der Waals surface area contributed by atoms with E-state index in [4.69, 9.17) is 21.6 Å². The second kappa shape index (κ2) is 11.9. The number of hydrogen-bond donors (Lipinski definition) is 2. The minimum absolute atomic E-state index is 0. The molecule has 25 heavy (non-hydrogen) atoms. The third kappa shape index (κ3) is 7.43. The van der Waals surface area contributed by atoms with Gasteiger partial charge in [-0.1, -0.05) is 37.7 Å². The van der Waals surface area contributed by atoms with Crippen LogP contribution in [0.3, 0.4) is 0 Å². The van der Waals surface area contributed by atoms with Gasteiger partial charge in [-0.05, 0) is 30.5 Å². The van der Waals surface area contributed by atoms with Crippen LogP contribution in [0.2, 0.25) is 0 Å². The molecule has 0 atom stereocenters. The van der Waals surface area contributed by atoms with Crippen LogP contribution < -0.4 is 20.5 Å². The number of rotatable bonds is 6. The highest BCUT2D eigenvalue weighted by molar-refractivity contribution is 14.0. The van der Waals surface area contributed by atoms with Crippen LogP contribution in [0.4, 0.5) is 0 Å². The maximum atomic E-state index is 6.03. The van der Waals surface area contributed by atoms with Gasteiger partial charge in [-0.15, -0.1) is 30.4 Å². The Labute approximate surface area is 167 Å². The van der Waals surface area contributed by atoms with Crippen molar-refractivity contribution in [2.45, 2.75) is 51.1 Å². The Bertz CT molecular complexity index is 591. The monoisotopic (exact) mass is 457 g/mol. The van der Waals surface area contributed by atoms with Crippen LogP contribution in [0.5, 0.6) is 11.5 Å². The lowest BCUT2D eigenvalue weighted by Crippen LogP contribution is -2.39. The SMILES string of the molecule is C#CCOc1cc(CN=C(N)NC2CCCCCC2)ccc1OC.I. The molecule has 1 fully saturated rings. The van der Waals surface area contributed by atoms with Crippen molar-refractivity contribution in [3.8, 4) is 23.8 Å². The second-order valence-corrected chi connectivity index (χ2v) is 6.01. The number of methoxy groups -OCH3 is 1. The quantitative estimate of drug-likeness (QED) is 0.226. The van der Waals surface area contributed by atoms with Crippen molar-refractivity contribution in [2.24, 2.45) is 10.7 Å². The fraction of sp³-hybridized carbons (Fsp3) is 0.526. The average Bonchev–Trinajstić information content (AvgIpc) is 2.86. The molecular weight excluding hydrogens is 429 g/mol. The molecule has 0 saturated heterocycles. The third-order valence-electron chi connectivity index (χ3n) is 4.18. The molecule has 1 aromatic carbocycles. The Morgan fingerprint density at radius 1 is 1.28 bits per heavy atom. The fourth-order valence-corrected chi connectivity index (χ4v) is 2.91. The minimum atomic E-state index is 0. The number of ether oxygens (including phenoxy) is 2. The molecule has 2 rings (SSSR count). The average molecular weight is 457 g/mol. The van der Waals surface area contributed by atoms with Gasteiger partial charge >= 0.3 is 0 Å². The van der Waals surface area contributed by atoms with E-state index < -0.39 is 0 Å². The molecule has 0 aliphatic heterocycles. The van der Waals surface area contributed by atoms with Gasteiger partial charge < -0.3 is 20.5 Å². The first-order valence-electron chi connectivity index (χ1n) is 8.52. The highest BCUT2D eigenvalue weighted by Crippen LogP contribution is 2.28. The van der Waals surface area contributed by atoms with E-state index in [0.717, 1.165) is 5.56 Å². The Morgan fingerprint density at radius 2 is 2.00 bits per heavy atom. The predicted octanol–water partition coefficient (Wildman–Crippen LogP) is 3.45. The summed E-state index contributed by atoms with van der Waals surface area (Å²) in [5, 5.41) is 3.35. The Kier molecular flexibility index (Phi) is 10.2. The zero-order valence-electron chi connectivity index (χ0n) is 14.8. The van der Waals surface area contributed by atoms with Crippen molar-refractivity contribution in [1.82, 2.24) is 5.32 Å². The highest BCUT2D eigenvalue weighted by atomic mass is 127. The van der Waals surface area contributed by atoms with Crippen LogP contribution in [0.25, 0.3) is 0 Å². The lowest BCUT2D eigenvalue weighted by molar-refractivity contribution is 0.330. The van der Waals surface area contributed by atoms with E-state index in [9.17, 15) is 0 Å². The number of nitrogens with zero attached hydrogens (tertiary/aromatic N) is 1. The first kappa shape index (κ1) is 21.4. The van der Waals surface area contributed by atoms with Crippen LogP contribution in [-0.2, 0) is 6.54 Å². The van der Waals surface area contributed by atoms with Crippen molar-refractivity contribution in [3.05, 3.63) is 23.8 Å².